The molecule has 1 saturated heterocycles. The predicted octanol–water partition coefficient (Wildman–Crippen LogP) is 5.22. The van der Waals surface area contributed by atoms with Crippen LogP contribution in [0.5, 0.6) is 0 Å². The summed E-state index contributed by atoms with van der Waals surface area (Å²) in [5.74, 6) is 0. The van der Waals surface area contributed by atoms with E-state index in [4.69, 9.17) is 23.2 Å². The molecule has 0 atom stereocenters. The predicted molar refractivity (Wildman–Crippen MR) is 130 cm³/mol. The van der Waals surface area contributed by atoms with Gasteiger partial charge in [0.2, 0.25) is 0 Å². The molecule has 2 aromatic rings. The van der Waals surface area contributed by atoms with E-state index in [1.54, 1.807) is 18.3 Å². The van der Waals surface area contributed by atoms with Gasteiger partial charge >= 0.3 is 0 Å². The smallest absolute Gasteiger partial charge is 0.273 e. The van der Waals surface area contributed by atoms with Crippen LogP contribution in [0.2, 0.25) is 9.36 Å². The number of benzene rings is 1. The van der Waals surface area contributed by atoms with Crippen LogP contribution in [-0.4, -0.2) is 48.9 Å². The molecule has 0 bridgehead atoms. The second-order valence-electron chi connectivity index (χ2n) is 7.81. The Labute approximate surface area is 203 Å². The van der Waals surface area contributed by atoms with Crippen molar-refractivity contribution in [2.45, 2.75) is 35.5 Å². The Balaban J connectivity index is 0.00000272. The van der Waals surface area contributed by atoms with Crippen LogP contribution < -0.4 is 0 Å². The van der Waals surface area contributed by atoms with E-state index in [1.165, 1.54) is 4.31 Å². The van der Waals surface area contributed by atoms with Gasteiger partial charge < -0.3 is 10.0 Å². The lowest BCUT2D eigenvalue weighted by molar-refractivity contribution is -0.0261. The average Bonchev–Trinajstić information content (AvgIpc) is 3.10. The van der Waals surface area contributed by atoms with Gasteiger partial charge in [0, 0.05) is 36.4 Å². The highest BCUT2D eigenvalue weighted by atomic mass is 35.5. The normalized spacial score (nSPS) is 19.6. The molecule has 1 fully saturated rings. The van der Waals surface area contributed by atoms with Crippen molar-refractivity contribution < 1.29 is 13.5 Å². The molecule has 2 aliphatic heterocycles. The molecule has 4 rings (SSSR count). The fourth-order valence-electron chi connectivity index (χ4n) is 4.02. The first-order valence-corrected chi connectivity index (χ1v) is 13.0. The maximum atomic E-state index is 12.7. The molecular formula is C21H25Cl3N2O3S2. The van der Waals surface area contributed by atoms with Crippen LogP contribution in [0.1, 0.15) is 36.8 Å². The third kappa shape index (κ3) is 5.41. The summed E-state index contributed by atoms with van der Waals surface area (Å²) in [5, 5.41) is 11.6. The number of aliphatic hydroxyl groups is 1. The van der Waals surface area contributed by atoms with E-state index in [2.05, 4.69) is 4.90 Å². The molecule has 10 heteroatoms. The monoisotopic (exact) mass is 522 g/mol. The number of fused-ring (bicyclic) bond motifs is 1. The molecule has 0 spiro atoms. The molecule has 0 amide bonds. The van der Waals surface area contributed by atoms with E-state index in [0.29, 0.717) is 38.5 Å². The molecule has 5 nitrogen and oxygen atoms in total. The summed E-state index contributed by atoms with van der Waals surface area (Å²) in [6, 6.07) is 9.12. The summed E-state index contributed by atoms with van der Waals surface area (Å²) in [6.45, 7) is 2.98. The average molecular weight is 524 g/mol. The van der Waals surface area contributed by atoms with E-state index in [0.717, 1.165) is 49.4 Å². The van der Waals surface area contributed by atoms with Crippen molar-refractivity contribution in [2.75, 3.05) is 26.2 Å². The summed E-state index contributed by atoms with van der Waals surface area (Å²) in [6.07, 6.45) is 6.47. The first-order valence-electron chi connectivity index (χ1n) is 9.98. The highest BCUT2D eigenvalue weighted by molar-refractivity contribution is 7.91. The first-order chi connectivity index (χ1) is 14.3. The van der Waals surface area contributed by atoms with E-state index in [-0.39, 0.29) is 12.4 Å². The standard InChI is InChI=1S/C21H24Cl2N2O3S2.ClH/c22-18-5-3-17(4-6-18)21(26)8-13-24(14-9-21)10-1-2-11-25-12-7-16-15-19(23)29-20(16)30(25,27)28;/h3-7,12,15,26H,1-2,8-11,13-14H2;1H. The van der Waals surface area contributed by atoms with E-state index < -0.39 is 15.6 Å². The molecule has 2 aliphatic rings. The van der Waals surface area contributed by atoms with Gasteiger partial charge in [-0.05, 0) is 62.1 Å². The minimum Gasteiger partial charge on any atom is -0.385 e. The van der Waals surface area contributed by atoms with Crippen molar-refractivity contribution in [3.05, 3.63) is 57.0 Å². The van der Waals surface area contributed by atoms with E-state index in [9.17, 15) is 13.5 Å². The minimum absolute atomic E-state index is 0. The molecule has 170 valence electrons. The summed E-state index contributed by atoms with van der Waals surface area (Å²) in [5.41, 5.74) is 0.789. The van der Waals surface area contributed by atoms with Gasteiger partial charge in [-0.3, -0.25) is 4.31 Å². The number of unbranched alkanes of at least 4 members (excludes halogenated alkanes) is 1. The van der Waals surface area contributed by atoms with Gasteiger partial charge in [-0.15, -0.1) is 23.7 Å². The Morgan fingerprint density at radius 2 is 1.71 bits per heavy atom. The van der Waals surface area contributed by atoms with Crippen LogP contribution >= 0.6 is 46.9 Å². The zero-order valence-corrected chi connectivity index (χ0v) is 20.8. The maximum Gasteiger partial charge on any atom is 0.273 e. The quantitative estimate of drug-likeness (QED) is 0.528. The number of likely N-dealkylation sites (tertiary alicyclic amines) is 1. The van der Waals surface area contributed by atoms with Gasteiger partial charge in [0.25, 0.3) is 10.0 Å². The lowest BCUT2D eigenvalue weighted by atomic mass is 9.84. The number of piperidine rings is 1. The lowest BCUT2D eigenvalue weighted by Gasteiger charge is -2.38. The highest BCUT2D eigenvalue weighted by Gasteiger charge is 2.34. The third-order valence-corrected chi connectivity index (χ3v) is 9.66. The van der Waals surface area contributed by atoms with Crippen molar-refractivity contribution in [1.82, 2.24) is 9.21 Å². The zero-order chi connectivity index (χ0) is 21.4. The van der Waals surface area contributed by atoms with Crippen molar-refractivity contribution >= 4 is 63.0 Å². The molecule has 1 N–H and O–H groups in total. The van der Waals surface area contributed by atoms with Crippen molar-refractivity contribution in [3.63, 3.8) is 0 Å². The van der Waals surface area contributed by atoms with Crippen LogP contribution in [0, 0.1) is 0 Å². The number of nitrogens with zero attached hydrogens (tertiary/aromatic N) is 2. The van der Waals surface area contributed by atoms with Gasteiger partial charge in [0.15, 0.2) is 0 Å². The molecule has 3 heterocycles. The summed E-state index contributed by atoms with van der Waals surface area (Å²) >= 11 is 13.0. The molecular weight excluding hydrogens is 499 g/mol. The minimum atomic E-state index is -3.49. The number of thiophene rings is 1. The fraction of sp³-hybridized carbons (Fsp3) is 0.429. The number of halogens is 3. The third-order valence-electron chi connectivity index (χ3n) is 5.83. The lowest BCUT2D eigenvalue weighted by Crippen LogP contribution is -2.43. The molecule has 0 unspecified atom stereocenters. The number of hydrogen-bond acceptors (Lipinski definition) is 5. The molecule has 1 aromatic heterocycles. The highest BCUT2D eigenvalue weighted by Crippen LogP contribution is 2.37. The summed E-state index contributed by atoms with van der Waals surface area (Å²) in [4.78, 5) is 2.34. The molecule has 0 radical (unpaired) electrons. The summed E-state index contributed by atoms with van der Waals surface area (Å²) in [7, 11) is -3.49. The second kappa shape index (κ2) is 10.00. The Morgan fingerprint density at radius 1 is 1.06 bits per heavy atom. The maximum absolute atomic E-state index is 12.7. The van der Waals surface area contributed by atoms with Crippen LogP contribution in [-0.2, 0) is 15.6 Å². The Hall–Kier alpha value is -0.800. The van der Waals surface area contributed by atoms with Gasteiger partial charge in [0.1, 0.15) is 4.21 Å². The molecule has 0 aliphatic carbocycles. The van der Waals surface area contributed by atoms with Crippen LogP contribution in [0.4, 0.5) is 0 Å². The zero-order valence-electron chi connectivity index (χ0n) is 16.8. The van der Waals surface area contributed by atoms with Crippen LogP contribution in [0.25, 0.3) is 6.08 Å². The van der Waals surface area contributed by atoms with Gasteiger partial charge in [0.05, 0.1) is 9.94 Å². The Bertz CT molecular complexity index is 1030. The van der Waals surface area contributed by atoms with Crippen molar-refractivity contribution in [1.29, 1.82) is 0 Å². The molecule has 31 heavy (non-hydrogen) atoms. The van der Waals surface area contributed by atoms with E-state index in [1.807, 2.05) is 24.3 Å². The fourth-order valence-corrected chi connectivity index (χ4v) is 7.45. The number of rotatable bonds is 6. The number of hydrogen-bond donors (Lipinski definition) is 1. The van der Waals surface area contributed by atoms with E-state index >= 15 is 0 Å². The molecule has 0 saturated carbocycles. The Kier molecular flexibility index (Phi) is 8.01. The largest absolute Gasteiger partial charge is 0.385 e. The first kappa shape index (κ1) is 24.8. The number of sulfonamides is 1. The topological polar surface area (TPSA) is 60.9 Å². The van der Waals surface area contributed by atoms with Crippen LogP contribution in [0.3, 0.4) is 0 Å². The van der Waals surface area contributed by atoms with Gasteiger partial charge in [-0.2, -0.15) is 0 Å². The second-order valence-corrected chi connectivity index (χ2v) is 12.0. The van der Waals surface area contributed by atoms with Crippen molar-refractivity contribution in [3.8, 4) is 0 Å². The summed E-state index contributed by atoms with van der Waals surface area (Å²) < 4.78 is 27.7. The van der Waals surface area contributed by atoms with Crippen molar-refractivity contribution in [2.24, 2.45) is 0 Å². The Morgan fingerprint density at radius 3 is 2.39 bits per heavy atom. The van der Waals surface area contributed by atoms with Crippen LogP contribution in [0.15, 0.2) is 40.7 Å². The van der Waals surface area contributed by atoms with Gasteiger partial charge in [-0.25, -0.2) is 8.42 Å². The molecule has 1 aromatic carbocycles. The SMILES string of the molecule is Cl.O=S1(=O)c2sc(Cl)cc2C=CN1CCCCN1CCC(O)(c2ccc(Cl)cc2)CC1. The van der Waals surface area contributed by atoms with Gasteiger partial charge in [-0.1, -0.05) is 35.3 Å².